The highest BCUT2D eigenvalue weighted by Gasteiger charge is 2.27. The van der Waals surface area contributed by atoms with Crippen molar-refractivity contribution in [2.45, 2.75) is 26.4 Å². The van der Waals surface area contributed by atoms with Crippen molar-refractivity contribution in [1.29, 1.82) is 0 Å². The van der Waals surface area contributed by atoms with E-state index in [1.165, 1.54) is 16.9 Å². The molecular weight excluding hydrogens is 328 g/mol. The minimum Gasteiger partial charge on any atom is -0.482 e. The van der Waals surface area contributed by atoms with Gasteiger partial charge in [0, 0.05) is 11.1 Å². The number of nitrogen functional groups attached to an aromatic ring is 1. The molecule has 0 saturated heterocycles. The van der Waals surface area contributed by atoms with Gasteiger partial charge in [-0.25, -0.2) is 4.98 Å². The number of nitrogens with zero attached hydrogens (tertiary/aromatic N) is 1. The van der Waals surface area contributed by atoms with E-state index in [1.54, 1.807) is 0 Å². The first kappa shape index (κ1) is 15.9. The van der Waals surface area contributed by atoms with Crippen molar-refractivity contribution < 1.29 is 4.74 Å². The van der Waals surface area contributed by atoms with E-state index in [1.807, 2.05) is 18.2 Å². The summed E-state index contributed by atoms with van der Waals surface area (Å²) in [6.07, 6.45) is 4.25. The third kappa shape index (κ3) is 2.83. The summed E-state index contributed by atoms with van der Waals surface area (Å²) in [7, 11) is 0. The van der Waals surface area contributed by atoms with Crippen molar-refractivity contribution in [2.75, 3.05) is 5.73 Å². The van der Waals surface area contributed by atoms with Crippen LogP contribution in [-0.2, 0) is 0 Å². The molecule has 2 N–H and O–H groups in total. The van der Waals surface area contributed by atoms with Gasteiger partial charge in [0.25, 0.3) is 0 Å². The van der Waals surface area contributed by atoms with Crippen LogP contribution in [0.25, 0.3) is 27.8 Å². The third-order valence-corrected chi connectivity index (χ3v) is 5.30. The summed E-state index contributed by atoms with van der Waals surface area (Å²) in [4.78, 5) is 5.70. The normalized spacial score (nSPS) is 14.8. The molecule has 1 aromatic heterocycles. The van der Waals surface area contributed by atoms with Gasteiger partial charge in [-0.3, -0.25) is 0 Å². The Balaban J connectivity index is 1.95. The maximum absolute atomic E-state index is 6.32. The maximum Gasteiger partial charge on any atom is 0.181 e. The number of anilines is 1. The highest BCUT2D eigenvalue weighted by atomic mass is 32.1. The molecule has 0 aliphatic carbocycles. The first-order valence-electron chi connectivity index (χ1n) is 8.28. The number of fused-ring (bicyclic) bond motifs is 1. The summed E-state index contributed by atoms with van der Waals surface area (Å²) in [5.41, 5.74) is 11.0. The van der Waals surface area contributed by atoms with Gasteiger partial charge in [-0.2, -0.15) is 0 Å². The third-order valence-electron chi connectivity index (χ3n) is 4.37. The van der Waals surface area contributed by atoms with Crippen LogP contribution in [0, 0.1) is 6.92 Å². The zero-order chi connectivity index (χ0) is 17.6. The second kappa shape index (κ2) is 5.74. The molecule has 2 heterocycles. The molecule has 0 amide bonds. The Bertz CT molecular complexity index is 971. The number of rotatable bonds is 2. The van der Waals surface area contributed by atoms with Gasteiger partial charge in [0.15, 0.2) is 5.13 Å². The van der Waals surface area contributed by atoms with Crippen molar-refractivity contribution in [3.8, 4) is 27.4 Å². The molecule has 0 spiro atoms. The predicted octanol–water partition coefficient (Wildman–Crippen LogP) is 5.55. The van der Waals surface area contributed by atoms with E-state index in [4.69, 9.17) is 10.5 Å². The number of benzene rings is 2. The minimum atomic E-state index is -0.343. The minimum absolute atomic E-state index is 0.343. The molecule has 126 valence electrons. The summed E-state index contributed by atoms with van der Waals surface area (Å²) < 4.78 is 6.32. The van der Waals surface area contributed by atoms with Crippen molar-refractivity contribution in [2.24, 2.45) is 0 Å². The Labute approximate surface area is 151 Å². The monoisotopic (exact) mass is 348 g/mol. The van der Waals surface area contributed by atoms with Crippen LogP contribution in [0.1, 0.15) is 25.0 Å². The highest BCUT2D eigenvalue weighted by molar-refractivity contribution is 7.19. The van der Waals surface area contributed by atoms with Gasteiger partial charge in [-0.1, -0.05) is 53.8 Å². The van der Waals surface area contributed by atoms with Gasteiger partial charge in [-0.05, 0) is 44.0 Å². The topological polar surface area (TPSA) is 48.1 Å². The van der Waals surface area contributed by atoms with E-state index in [0.29, 0.717) is 5.13 Å². The van der Waals surface area contributed by atoms with Crippen molar-refractivity contribution in [3.63, 3.8) is 0 Å². The molecule has 4 heteroatoms. The van der Waals surface area contributed by atoms with Gasteiger partial charge in [0.1, 0.15) is 11.4 Å². The van der Waals surface area contributed by atoms with Crippen molar-refractivity contribution in [3.05, 3.63) is 59.7 Å². The molecule has 0 fully saturated rings. The number of hydrogen-bond donors (Lipinski definition) is 1. The van der Waals surface area contributed by atoms with Gasteiger partial charge < -0.3 is 10.5 Å². The second-order valence-corrected chi connectivity index (χ2v) is 7.84. The fourth-order valence-corrected chi connectivity index (χ4v) is 3.94. The van der Waals surface area contributed by atoms with Crippen LogP contribution in [0.4, 0.5) is 5.13 Å². The lowest BCUT2D eigenvalue weighted by Crippen LogP contribution is -2.28. The average molecular weight is 348 g/mol. The van der Waals surface area contributed by atoms with E-state index in [2.05, 4.69) is 62.2 Å². The number of ether oxygens (including phenoxy) is 1. The highest BCUT2D eigenvalue weighted by Crippen LogP contribution is 2.45. The quantitative estimate of drug-likeness (QED) is 0.660. The zero-order valence-corrected chi connectivity index (χ0v) is 15.4. The van der Waals surface area contributed by atoms with Crippen LogP contribution in [0.2, 0.25) is 0 Å². The lowest BCUT2D eigenvalue weighted by Gasteiger charge is -2.30. The molecule has 0 unspecified atom stereocenters. The van der Waals surface area contributed by atoms with Gasteiger partial charge in [-0.15, -0.1) is 0 Å². The lowest BCUT2D eigenvalue weighted by atomic mass is 9.94. The number of hydrogen-bond acceptors (Lipinski definition) is 4. The Hall–Kier alpha value is -2.59. The Morgan fingerprint density at radius 3 is 2.60 bits per heavy atom. The summed E-state index contributed by atoms with van der Waals surface area (Å²) >= 11 is 1.51. The SMILES string of the molecule is Cc1ccc(-c2nc(N)sc2-c2ccccc2)c2c1C=CC(C)(C)O2. The molecular formula is C21H20N2OS. The molecule has 0 bridgehead atoms. The molecule has 1 aliphatic rings. The van der Waals surface area contributed by atoms with Gasteiger partial charge in [0.05, 0.1) is 10.6 Å². The van der Waals surface area contributed by atoms with E-state index < -0.39 is 0 Å². The summed E-state index contributed by atoms with van der Waals surface area (Å²) in [5.74, 6) is 0.884. The Kier molecular flexibility index (Phi) is 3.65. The molecule has 25 heavy (non-hydrogen) atoms. The van der Waals surface area contributed by atoms with Gasteiger partial charge in [0.2, 0.25) is 0 Å². The molecule has 0 radical (unpaired) electrons. The first-order chi connectivity index (χ1) is 11.9. The van der Waals surface area contributed by atoms with Crippen LogP contribution in [0.15, 0.2) is 48.5 Å². The molecule has 0 atom stereocenters. The summed E-state index contributed by atoms with van der Waals surface area (Å²) in [5, 5.41) is 0.564. The summed E-state index contributed by atoms with van der Waals surface area (Å²) in [6, 6.07) is 14.4. The van der Waals surface area contributed by atoms with E-state index in [0.717, 1.165) is 33.0 Å². The Morgan fingerprint density at radius 2 is 1.84 bits per heavy atom. The first-order valence-corrected chi connectivity index (χ1v) is 9.10. The number of aromatic nitrogens is 1. The molecule has 3 aromatic rings. The maximum atomic E-state index is 6.32. The van der Waals surface area contributed by atoms with Crippen LogP contribution in [-0.4, -0.2) is 10.6 Å². The molecule has 3 nitrogen and oxygen atoms in total. The predicted molar refractivity (Wildman–Crippen MR) is 106 cm³/mol. The van der Waals surface area contributed by atoms with Crippen LogP contribution >= 0.6 is 11.3 Å². The number of thiazole rings is 1. The smallest absolute Gasteiger partial charge is 0.181 e. The fourth-order valence-electron chi connectivity index (χ4n) is 3.09. The van der Waals surface area contributed by atoms with Gasteiger partial charge >= 0.3 is 0 Å². The standard InChI is InChI=1S/C21H20N2OS/c1-13-9-10-16(18-15(13)11-12-21(2,3)24-18)17-19(25-20(22)23-17)14-7-5-4-6-8-14/h4-12H,1-3H3,(H2,22,23). The fraction of sp³-hybridized carbons (Fsp3) is 0.190. The lowest BCUT2D eigenvalue weighted by molar-refractivity contribution is 0.160. The number of nitrogens with two attached hydrogens (primary N) is 1. The Morgan fingerprint density at radius 1 is 1.08 bits per heavy atom. The van der Waals surface area contributed by atoms with E-state index >= 15 is 0 Å². The molecule has 2 aromatic carbocycles. The molecule has 1 aliphatic heterocycles. The summed E-state index contributed by atoms with van der Waals surface area (Å²) in [6.45, 7) is 6.22. The van der Waals surface area contributed by atoms with Crippen LogP contribution in [0.5, 0.6) is 5.75 Å². The van der Waals surface area contributed by atoms with Crippen molar-refractivity contribution >= 4 is 22.5 Å². The second-order valence-electron chi connectivity index (χ2n) is 6.81. The van der Waals surface area contributed by atoms with Crippen molar-refractivity contribution in [1.82, 2.24) is 4.98 Å². The molecule has 4 rings (SSSR count). The zero-order valence-electron chi connectivity index (χ0n) is 14.5. The number of aryl methyl sites for hydroxylation is 1. The van der Waals surface area contributed by atoms with E-state index in [9.17, 15) is 0 Å². The molecule has 0 saturated carbocycles. The van der Waals surface area contributed by atoms with E-state index in [-0.39, 0.29) is 5.60 Å². The average Bonchev–Trinajstić information content (AvgIpc) is 2.96. The van der Waals surface area contributed by atoms with Crippen LogP contribution < -0.4 is 10.5 Å². The van der Waals surface area contributed by atoms with Crippen LogP contribution in [0.3, 0.4) is 0 Å². The largest absolute Gasteiger partial charge is 0.482 e.